The summed E-state index contributed by atoms with van der Waals surface area (Å²) in [5, 5.41) is 0. The highest BCUT2D eigenvalue weighted by Crippen LogP contribution is 2.35. The van der Waals surface area contributed by atoms with Crippen LogP contribution in [-0.2, 0) is 0 Å². The zero-order valence-corrected chi connectivity index (χ0v) is 12.2. The van der Waals surface area contributed by atoms with Crippen molar-refractivity contribution in [2.45, 2.75) is 37.7 Å². The molecule has 0 unspecified atom stereocenters. The first-order valence-corrected chi connectivity index (χ1v) is 7.04. The van der Waals surface area contributed by atoms with Crippen LogP contribution in [0.4, 0.5) is 8.78 Å². The summed E-state index contributed by atoms with van der Waals surface area (Å²) in [5.74, 6) is -1.79. The average molecular weight is 370 g/mol. The van der Waals surface area contributed by atoms with Gasteiger partial charge in [-0.15, -0.1) is 0 Å². The Kier molecular flexibility index (Phi) is 4.08. The van der Waals surface area contributed by atoms with Crippen molar-refractivity contribution in [3.8, 4) is 5.75 Å². The number of rotatable bonds is 2. The van der Waals surface area contributed by atoms with Crippen LogP contribution in [0, 0.1) is 0 Å². The molecule has 17 heavy (non-hydrogen) atoms. The van der Waals surface area contributed by atoms with Crippen molar-refractivity contribution in [3.63, 3.8) is 0 Å². The van der Waals surface area contributed by atoms with E-state index in [9.17, 15) is 8.78 Å². The first-order chi connectivity index (χ1) is 7.94. The minimum absolute atomic E-state index is 0.0765. The third-order valence-corrected chi connectivity index (χ3v) is 3.72. The molecule has 0 heterocycles. The number of alkyl halides is 2. The fraction of sp³-hybridized carbons (Fsp3) is 0.500. The fourth-order valence-electron chi connectivity index (χ4n) is 1.92. The molecule has 0 spiro atoms. The molecule has 0 aliphatic heterocycles. The smallest absolute Gasteiger partial charge is 0.248 e. The Bertz CT molecular complexity index is 379. The van der Waals surface area contributed by atoms with E-state index in [0.29, 0.717) is 18.6 Å². The van der Waals surface area contributed by atoms with Crippen LogP contribution in [0.3, 0.4) is 0 Å². The topological polar surface area (TPSA) is 9.23 Å². The normalized spacial score (nSPS) is 20.2. The highest BCUT2D eigenvalue weighted by atomic mass is 79.9. The molecule has 1 fully saturated rings. The van der Waals surface area contributed by atoms with E-state index in [4.69, 9.17) is 4.74 Å². The van der Waals surface area contributed by atoms with Crippen molar-refractivity contribution >= 4 is 31.9 Å². The molecule has 0 radical (unpaired) electrons. The van der Waals surface area contributed by atoms with E-state index in [1.54, 1.807) is 0 Å². The van der Waals surface area contributed by atoms with E-state index in [2.05, 4.69) is 31.9 Å². The van der Waals surface area contributed by atoms with E-state index in [0.717, 1.165) is 8.95 Å². The second kappa shape index (κ2) is 5.22. The van der Waals surface area contributed by atoms with Gasteiger partial charge in [0.05, 0.1) is 6.10 Å². The summed E-state index contributed by atoms with van der Waals surface area (Å²) in [6, 6.07) is 5.59. The SMILES string of the molecule is FC1(F)CCC(Oc2cc(Br)cc(Br)c2)CC1. The quantitative estimate of drug-likeness (QED) is 0.698. The summed E-state index contributed by atoms with van der Waals surface area (Å²) < 4.78 is 33.5. The minimum Gasteiger partial charge on any atom is -0.490 e. The van der Waals surface area contributed by atoms with E-state index in [-0.39, 0.29) is 18.9 Å². The van der Waals surface area contributed by atoms with Crippen LogP contribution in [0.1, 0.15) is 25.7 Å². The molecular weight excluding hydrogens is 358 g/mol. The minimum atomic E-state index is -2.50. The van der Waals surface area contributed by atoms with Crippen LogP contribution in [0.15, 0.2) is 27.1 Å². The fourth-order valence-corrected chi connectivity index (χ4v) is 3.17. The van der Waals surface area contributed by atoms with Crippen LogP contribution >= 0.6 is 31.9 Å². The number of hydrogen-bond donors (Lipinski definition) is 0. The van der Waals surface area contributed by atoms with Gasteiger partial charge in [-0.3, -0.25) is 0 Å². The third kappa shape index (κ3) is 3.91. The van der Waals surface area contributed by atoms with Crippen LogP contribution in [0.25, 0.3) is 0 Å². The lowest BCUT2D eigenvalue weighted by atomic mass is 9.94. The van der Waals surface area contributed by atoms with Gasteiger partial charge in [0.2, 0.25) is 5.92 Å². The summed E-state index contributed by atoms with van der Waals surface area (Å²) in [4.78, 5) is 0. The molecule has 1 aliphatic rings. The Morgan fingerprint density at radius 3 is 2.12 bits per heavy atom. The van der Waals surface area contributed by atoms with E-state index in [1.165, 1.54) is 0 Å². The summed E-state index contributed by atoms with van der Waals surface area (Å²) in [6.45, 7) is 0. The molecule has 2 rings (SSSR count). The second-order valence-corrected chi connectivity index (χ2v) is 6.11. The van der Waals surface area contributed by atoms with E-state index >= 15 is 0 Å². The molecule has 0 saturated heterocycles. The number of halogens is 4. The lowest BCUT2D eigenvalue weighted by Crippen LogP contribution is -2.30. The van der Waals surface area contributed by atoms with Crippen molar-refractivity contribution < 1.29 is 13.5 Å². The first-order valence-electron chi connectivity index (χ1n) is 5.45. The zero-order chi connectivity index (χ0) is 12.5. The molecule has 0 N–H and O–H groups in total. The van der Waals surface area contributed by atoms with Crippen molar-refractivity contribution in [1.29, 1.82) is 0 Å². The van der Waals surface area contributed by atoms with Gasteiger partial charge in [-0.2, -0.15) is 0 Å². The first kappa shape index (κ1) is 13.3. The molecule has 0 aromatic heterocycles. The summed E-state index contributed by atoms with van der Waals surface area (Å²) >= 11 is 6.73. The van der Waals surface area contributed by atoms with Gasteiger partial charge in [-0.1, -0.05) is 31.9 Å². The Morgan fingerprint density at radius 2 is 1.59 bits per heavy atom. The summed E-state index contributed by atoms with van der Waals surface area (Å²) in [5.41, 5.74) is 0. The Labute approximate surface area is 116 Å². The molecule has 0 bridgehead atoms. The van der Waals surface area contributed by atoms with Crippen molar-refractivity contribution in [2.75, 3.05) is 0 Å². The summed E-state index contributed by atoms with van der Waals surface area (Å²) in [7, 11) is 0. The maximum Gasteiger partial charge on any atom is 0.248 e. The number of hydrogen-bond acceptors (Lipinski definition) is 1. The molecule has 1 aromatic rings. The van der Waals surface area contributed by atoms with Gasteiger partial charge in [0.1, 0.15) is 5.75 Å². The van der Waals surface area contributed by atoms with Gasteiger partial charge in [0, 0.05) is 21.8 Å². The Hall–Kier alpha value is -0.160. The molecular formula is C12H12Br2F2O. The predicted octanol–water partition coefficient (Wildman–Crippen LogP) is 5.17. The van der Waals surface area contributed by atoms with Gasteiger partial charge >= 0.3 is 0 Å². The molecule has 0 atom stereocenters. The van der Waals surface area contributed by atoms with Crippen molar-refractivity contribution in [2.24, 2.45) is 0 Å². The molecule has 1 aromatic carbocycles. The maximum absolute atomic E-state index is 13.0. The standard InChI is InChI=1S/C12H12Br2F2O/c13-8-5-9(14)7-11(6-8)17-10-1-3-12(15,16)4-2-10/h5-7,10H,1-4H2. The lowest BCUT2D eigenvalue weighted by molar-refractivity contribution is -0.0582. The van der Waals surface area contributed by atoms with Crippen LogP contribution < -0.4 is 4.74 Å². The molecule has 0 amide bonds. The van der Waals surface area contributed by atoms with E-state index in [1.807, 2.05) is 18.2 Å². The van der Waals surface area contributed by atoms with Crippen molar-refractivity contribution in [3.05, 3.63) is 27.1 Å². The van der Waals surface area contributed by atoms with Gasteiger partial charge in [0.15, 0.2) is 0 Å². The van der Waals surface area contributed by atoms with Gasteiger partial charge < -0.3 is 4.74 Å². The maximum atomic E-state index is 13.0. The van der Waals surface area contributed by atoms with Crippen LogP contribution in [-0.4, -0.2) is 12.0 Å². The van der Waals surface area contributed by atoms with Crippen LogP contribution in [0.5, 0.6) is 5.75 Å². The lowest BCUT2D eigenvalue weighted by Gasteiger charge is -2.28. The van der Waals surface area contributed by atoms with Crippen LogP contribution in [0.2, 0.25) is 0 Å². The largest absolute Gasteiger partial charge is 0.490 e. The van der Waals surface area contributed by atoms with Gasteiger partial charge in [-0.05, 0) is 31.0 Å². The molecule has 1 nitrogen and oxygen atoms in total. The Balaban J connectivity index is 1.97. The van der Waals surface area contributed by atoms with E-state index < -0.39 is 5.92 Å². The highest BCUT2D eigenvalue weighted by Gasteiger charge is 2.35. The zero-order valence-electron chi connectivity index (χ0n) is 9.06. The molecule has 1 saturated carbocycles. The second-order valence-electron chi connectivity index (χ2n) is 4.28. The monoisotopic (exact) mass is 368 g/mol. The summed E-state index contributed by atoms with van der Waals surface area (Å²) in [6.07, 6.45) is 0.573. The predicted molar refractivity (Wildman–Crippen MR) is 69.7 cm³/mol. The van der Waals surface area contributed by atoms with Crippen molar-refractivity contribution in [1.82, 2.24) is 0 Å². The molecule has 5 heteroatoms. The third-order valence-electron chi connectivity index (χ3n) is 2.80. The van der Waals surface area contributed by atoms with Gasteiger partial charge in [0.25, 0.3) is 0 Å². The number of ether oxygens (including phenoxy) is 1. The number of benzene rings is 1. The highest BCUT2D eigenvalue weighted by molar-refractivity contribution is 9.11. The molecule has 1 aliphatic carbocycles. The van der Waals surface area contributed by atoms with Gasteiger partial charge in [-0.25, -0.2) is 8.78 Å². The Morgan fingerprint density at radius 1 is 1.06 bits per heavy atom. The molecule has 94 valence electrons. The average Bonchev–Trinajstić information content (AvgIpc) is 2.20.